The first-order valence-corrected chi connectivity index (χ1v) is 7.92. The van der Waals surface area contributed by atoms with Gasteiger partial charge < -0.3 is 10.1 Å². The molecule has 0 bridgehead atoms. The predicted octanol–water partition coefficient (Wildman–Crippen LogP) is 5.84. The van der Waals surface area contributed by atoms with E-state index < -0.39 is 23.4 Å². The summed E-state index contributed by atoms with van der Waals surface area (Å²) in [5.41, 5.74) is -1.00. The van der Waals surface area contributed by atoms with E-state index in [0.29, 0.717) is 11.5 Å². The Morgan fingerprint density at radius 3 is 2.31 bits per heavy atom. The largest absolute Gasteiger partial charge is 0.444 e. The Morgan fingerprint density at radius 1 is 1.12 bits per heavy atom. The third kappa shape index (κ3) is 5.80. The van der Waals surface area contributed by atoms with Crippen LogP contribution in [0.25, 0.3) is 0 Å². The Balaban J connectivity index is 2.07. The molecule has 0 fully saturated rings. The molecular formula is C17H17ClF3N3O2. The van der Waals surface area contributed by atoms with Crippen LogP contribution in [0.4, 0.5) is 35.2 Å². The number of nitrogens with zero attached hydrogens (tertiary/aromatic N) is 1. The first kappa shape index (κ1) is 19.8. The number of carbonyl (C=O) groups excluding carboxylic acids is 1. The van der Waals surface area contributed by atoms with Gasteiger partial charge in [-0.3, -0.25) is 5.32 Å². The van der Waals surface area contributed by atoms with Crippen LogP contribution in [0.2, 0.25) is 5.02 Å². The number of hydrogen-bond acceptors (Lipinski definition) is 4. The molecule has 2 rings (SSSR count). The van der Waals surface area contributed by atoms with Gasteiger partial charge in [-0.2, -0.15) is 13.2 Å². The number of hydrogen-bond donors (Lipinski definition) is 2. The van der Waals surface area contributed by atoms with Gasteiger partial charge >= 0.3 is 12.3 Å². The number of nitrogens with one attached hydrogen (secondary N) is 2. The summed E-state index contributed by atoms with van der Waals surface area (Å²) in [6, 6.07) is 6.52. The van der Waals surface area contributed by atoms with Gasteiger partial charge in [0.2, 0.25) is 0 Å². The number of ether oxygens (including phenoxy) is 1. The molecule has 140 valence electrons. The molecule has 1 aromatic heterocycles. The van der Waals surface area contributed by atoms with E-state index in [4.69, 9.17) is 16.3 Å². The fraction of sp³-hybridized carbons (Fsp3) is 0.294. The summed E-state index contributed by atoms with van der Waals surface area (Å²) in [4.78, 5) is 15.7. The van der Waals surface area contributed by atoms with Gasteiger partial charge in [0.15, 0.2) is 0 Å². The van der Waals surface area contributed by atoms with Crippen molar-refractivity contribution in [2.45, 2.75) is 32.5 Å². The van der Waals surface area contributed by atoms with Crippen LogP contribution in [0.1, 0.15) is 26.3 Å². The van der Waals surface area contributed by atoms with Gasteiger partial charge in [0, 0.05) is 5.69 Å². The Kier molecular flexibility index (Phi) is 5.65. The van der Waals surface area contributed by atoms with Gasteiger partial charge in [0.05, 0.1) is 22.5 Å². The average Bonchev–Trinajstić information content (AvgIpc) is 2.48. The van der Waals surface area contributed by atoms with Crippen molar-refractivity contribution in [3.63, 3.8) is 0 Å². The monoisotopic (exact) mass is 387 g/mol. The lowest BCUT2D eigenvalue weighted by atomic mass is 10.2. The molecule has 0 unspecified atom stereocenters. The summed E-state index contributed by atoms with van der Waals surface area (Å²) < 4.78 is 43.7. The average molecular weight is 388 g/mol. The summed E-state index contributed by atoms with van der Waals surface area (Å²) in [6.45, 7) is 5.21. The van der Waals surface area contributed by atoms with Gasteiger partial charge in [-0.05, 0) is 51.1 Å². The fourth-order valence-electron chi connectivity index (χ4n) is 1.93. The Bertz CT molecular complexity index is 787. The van der Waals surface area contributed by atoms with E-state index in [1.807, 2.05) is 0 Å². The second-order valence-corrected chi connectivity index (χ2v) is 6.78. The lowest BCUT2D eigenvalue weighted by Gasteiger charge is -2.19. The van der Waals surface area contributed by atoms with Crippen molar-refractivity contribution in [3.8, 4) is 0 Å². The van der Waals surface area contributed by atoms with E-state index >= 15 is 0 Å². The minimum atomic E-state index is -4.55. The van der Waals surface area contributed by atoms with Crippen molar-refractivity contribution in [3.05, 3.63) is 47.1 Å². The molecule has 0 spiro atoms. The summed E-state index contributed by atoms with van der Waals surface area (Å²) in [6.07, 6.45) is -3.83. The third-order valence-electron chi connectivity index (χ3n) is 2.95. The highest BCUT2D eigenvalue weighted by Gasteiger charge is 2.33. The first-order valence-electron chi connectivity index (χ1n) is 7.54. The molecular weight excluding hydrogens is 371 g/mol. The van der Waals surface area contributed by atoms with Crippen LogP contribution in [-0.2, 0) is 10.9 Å². The molecule has 0 atom stereocenters. The summed E-state index contributed by atoms with van der Waals surface area (Å²) >= 11 is 5.58. The van der Waals surface area contributed by atoms with E-state index in [9.17, 15) is 18.0 Å². The molecule has 1 heterocycles. The van der Waals surface area contributed by atoms with E-state index in [0.717, 1.165) is 12.1 Å². The quantitative estimate of drug-likeness (QED) is 0.694. The molecule has 0 aliphatic carbocycles. The number of halogens is 4. The molecule has 0 saturated heterocycles. The van der Waals surface area contributed by atoms with Crippen LogP contribution in [-0.4, -0.2) is 16.7 Å². The molecule has 5 nitrogen and oxygen atoms in total. The number of alkyl halides is 3. The molecule has 9 heteroatoms. The zero-order chi connectivity index (χ0) is 19.5. The number of anilines is 3. The molecule has 0 radical (unpaired) electrons. The van der Waals surface area contributed by atoms with Crippen molar-refractivity contribution in [1.82, 2.24) is 4.98 Å². The number of pyridine rings is 1. The van der Waals surface area contributed by atoms with E-state index in [2.05, 4.69) is 15.6 Å². The number of amides is 1. The zero-order valence-electron chi connectivity index (χ0n) is 14.2. The Morgan fingerprint density at radius 2 is 1.77 bits per heavy atom. The van der Waals surface area contributed by atoms with Crippen LogP contribution in [0, 0.1) is 0 Å². The maximum Gasteiger partial charge on any atom is 0.417 e. The summed E-state index contributed by atoms with van der Waals surface area (Å²) in [5.74, 6) is 0.301. The topological polar surface area (TPSA) is 63.2 Å². The van der Waals surface area contributed by atoms with Crippen LogP contribution in [0.5, 0.6) is 0 Å². The SMILES string of the molecule is CC(C)(C)OC(=O)Nc1ccc(Nc2ccc(Cl)c(C(F)(F)F)c2)nc1. The van der Waals surface area contributed by atoms with Crippen LogP contribution >= 0.6 is 11.6 Å². The van der Waals surface area contributed by atoms with Crippen molar-refractivity contribution in [1.29, 1.82) is 0 Å². The van der Waals surface area contributed by atoms with Crippen LogP contribution < -0.4 is 10.6 Å². The third-order valence-corrected chi connectivity index (χ3v) is 3.28. The number of carbonyl (C=O) groups is 1. The highest BCUT2D eigenvalue weighted by Crippen LogP contribution is 2.36. The zero-order valence-corrected chi connectivity index (χ0v) is 15.0. The maximum atomic E-state index is 12.9. The van der Waals surface area contributed by atoms with E-state index in [1.165, 1.54) is 18.3 Å². The summed E-state index contributed by atoms with van der Waals surface area (Å²) in [7, 11) is 0. The van der Waals surface area contributed by atoms with Gasteiger partial charge in [-0.15, -0.1) is 0 Å². The van der Waals surface area contributed by atoms with Gasteiger partial charge in [-0.1, -0.05) is 11.6 Å². The van der Waals surface area contributed by atoms with Gasteiger partial charge in [-0.25, -0.2) is 9.78 Å². The Labute approximate surface area is 153 Å². The van der Waals surface area contributed by atoms with E-state index in [-0.39, 0.29) is 10.7 Å². The molecule has 1 amide bonds. The predicted molar refractivity (Wildman–Crippen MR) is 93.8 cm³/mol. The normalized spacial score (nSPS) is 11.8. The molecule has 0 aliphatic rings. The van der Waals surface area contributed by atoms with Gasteiger partial charge in [0.25, 0.3) is 0 Å². The number of benzene rings is 1. The molecule has 2 aromatic rings. The van der Waals surface area contributed by atoms with Gasteiger partial charge in [0.1, 0.15) is 11.4 Å². The smallest absolute Gasteiger partial charge is 0.417 e. The fourth-order valence-corrected chi connectivity index (χ4v) is 2.16. The van der Waals surface area contributed by atoms with Crippen molar-refractivity contribution < 1.29 is 22.7 Å². The maximum absolute atomic E-state index is 12.9. The summed E-state index contributed by atoms with van der Waals surface area (Å²) in [5, 5.41) is 4.88. The van der Waals surface area contributed by atoms with E-state index in [1.54, 1.807) is 26.8 Å². The second kappa shape index (κ2) is 7.41. The van der Waals surface area contributed by atoms with Crippen LogP contribution in [0.15, 0.2) is 36.5 Å². The minimum Gasteiger partial charge on any atom is -0.444 e. The molecule has 0 aliphatic heterocycles. The molecule has 0 saturated carbocycles. The number of rotatable bonds is 3. The Hall–Kier alpha value is -2.48. The number of aromatic nitrogens is 1. The minimum absolute atomic E-state index is 0.182. The van der Waals surface area contributed by atoms with Crippen molar-refractivity contribution in [2.24, 2.45) is 0 Å². The molecule has 2 N–H and O–H groups in total. The van der Waals surface area contributed by atoms with Crippen molar-refractivity contribution >= 4 is 34.9 Å². The highest BCUT2D eigenvalue weighted by atomic mass is 35.5. The molecule has 1 aromatic carbocycles. The van der Waals surface area contributed by atoms with Crippen LogP contribution in [0.3, 0.4) is 0 Å². The van der Waals surface area contributed by atoms with Crippen molar-refractivity contribution in [2.75, 3.05) is 10.6 Å². The molecule has 26 heavy (non-hydrogen) atoms. The lowest BCUT2D eigenvalue weighted by molar-refractivity contribution is -0.137. The highest BCUT2D eigenvalue weighted by molar-refractivity contribution is 6.31. The first-order chi connectivity index (χ1) is 11.9. The standard InChI is InChI=1S/C17H17ClF3N3O2/c1-16(2,3)26-15(25)24-11-5-7-14(22-9-11)23-10-4-6-13(18)12(8-10)17(19,20)21/h4-9H,1-3H3,(H,22,23)(H,24,25). The second-order valence-electron chi connectivity index (χ2n) is 6.38. The lowest BCUT2D eigenvalue weighted by Crippen LogP contribution is -2.27.